The maximum absolute atomic E-state index is 2.54. The maximum Gasteiger partial charge on any atom is -1.00 e. The van der Waals surface area contributed by atoms with Gasteiger partial charge in [-0.05, 0) is 0 Å². The van der Waals surface area contributed by atoms with Gasteiger partial charge in [-0.25, -0.2) is 0 Å². The van der Waals surface area contributed by atoms with E-state index in [4.69, 9.17) is 0 Å². The molecule has 0 fully saturated rings. The van der Waals surface area contributed by atoms with Gasteiger partial charge in [0.05, 0.1) is 0 Å². The smallest absolute Gasteiger partial charge is 1.00 e. The second-order valence-corrected chi connectivity index (χ2v) is 20.8. The molecule has 4 heteroatoms. The minimum absolute atomic E-state index is 0. The van der Waals surface area contributed by atoms with E-state index in [1.807, 2.05) is 0 Å². The van der Waals surface area contributed by atoms with Gasteiger partial charge in [0.25, 0.3) is 0 Å². The van der Waals surface area contributed by atoms with Crippen LogP contribution in [0.4, 0.5) is 0 Å². The molecule has 1 atom stereocenters. The Morgan fingerprint density at radius 1 is 0.929 bits per heavy atom. The summed E-state index contributed by atoms with van der Waals surface area (Å²) in [7, 11) is 0. The fraction of sp³-hybridized carbons (Fsp3) is 0.417. The molecule has 0 N–H and O–H groups in total. The molecule has 1 radical (unpaired) electrons. The van der Waals surface area contributed by atoms with Gasteiger partial charge in [-0.1, -0.05) is 6.92 Å². The predicted octanol–water partition coefficient (Wildman–Crippen LogP) is 1.28. The first kappa shape index (κ1) is 25.9. The van der Waals surface area contributed by atoms with Gasteiger partial charge >= 0.3 is 166 Å². The average Bonchev–Trinajstić information content (AvgIpc) is 3.00. The Balaban J connectivity index is 0.00000196. The largest absolute Gasteiger partial charge is 1.00 e. The van der Waals surface area contributed by atoms with E-state index in [0.29, 0.717) is 0 Å². The summed E-state index contributed by atoms with van der Waals surface area (Å²) in [5, 5.41) is 0. The summed E-state index contributed by atoms with van der Waals surface area (Å²) in [6.07, 6.45) is 8.91. The standard InChI is InChI=1S/C22H25.C2H6Si.2ClH.Zr/c1-3-5-6-8-18-11-13-19(14-12-18)21-10-7-9-20-15-17(4-2)16-22(20)21;1-3-2;;;/h7,9-16H,3-6,8H2,1-2H3;1-2H3;2*1H;/q;;;;+2/p-2. The van der Waals surface area contributed by atoms with Gasteiger partial charge in [0.15, 0.2) is 0 Å². The molecule has 1 aliphatic rings. The van der Waals surface area contributed by atoms with Gasteiger partial charge in [0.1, 0.15) is 0 Å². The zero-order valence-electron chi connectivity index (χ0n) is 17.5. The van der Waals surface area contributed by atoms with Crippen molar-refractivity contribution in [1.29, 1.82) is 0 Å². The summed E-state index contributed by atoms with van der Waals surface area (Å²) in [6.45, 7) is 9.65. The van der Waals surface area contributed by atoms with Crippen molar-refractivity contribution >= 4 is 12.0 Å². The predicted molar refractivity (Wildman–Crippen MR) is 114 cm³/mol. The van der Waals surface area contributed by atoms with Crippen LogP contribution in [0.15, 0.2) is 48.0 Å². The summed E-state index contributed by atoms with van der Waals surface area (Å²) in [4.78, 5) is 0. The fourth-order valence-electron chi connectivity index (χ4n) is 3.91. The summed E-state index contributed by atoms with van der Waals surface area (Å²) in [5.41, 5.74) is 9.19. The molecule has 3 rings (SSSR count). The molecule has 2 aromatic rings. The van der Waals surface area contributed by atoms with Crippen LogP contribution in [0.3, 0.4) is 0 Å². The van der Waals surface area contributed by atoms with E-state index in [-0.39, 0.29) is 53.1 Å². The molecular formula is C24H31Cl2SiZr. The number of fused-ring (bicyclic) bond motifs is 1. The summed E-state index contributed by atoms with van der Waals surface area (Å²) < 4.78 is 0.829. The number of hydrogen-bond acceptors (Lipinski definition) is 0. The number of aryl methyl sites for hydroxylation is 1. The van der Waals surface area contributed by atoms with Crippen LogP contribution in [0, 0.1) is 0 Å². The van der Waals surface area contributed by atoms with Crippen molar-refractivity contribution in [2.75, 3.05) is 0 Å². The van der Waals surface area contributed by atoms with Gasteiger partial charge in [-0.15, -0.1) is 0 Å². The molecule has 0 spiro atoms. The van der Waals surface area contributed by atoms with Crippen molar-refractivity contribution < 1.29 is 47.2 Å². The summed E-state index contributed by atoms with van der Waals surface area (Å²) in [6, 6.07) is 16.4. The molecule has 1 aliphatic carbocycles. The van der Waals surface area contributed by atoms with E-state index in [2.05, 4.69) is 75.5 Å². The van der Waals surface area contributed by atoms with Gasteiger partial charge in [-0.2, -0.15) is 0 Å². The van der Waals surface area contributed by atoms with Gasteiger partial charge in [-0.3, -0.25) is 0 Å². The molecule has 1 unspecified atom stereocenters. The van der Waals surface area contributed by atoms with Crippen molar-refractivity contribution in [3.8, 4) is 11.1 Å². The third-order valence-electron chi connectivity index (χ3n) is 5.33. The number of halogens is 2. The number of unbranched alkanes of at least 4 members (excludes halogenated alkanes) is 2. The third-order valence-corrected chi connectivity index (χ3v) is 14.3. The van der Waals surface area contributed by atoms with Crippen molar-refractivity contribution in [2.45, 2.75) is 62.7 Å². The van der Waals surface area contributed by atoms with Gasteiger partial charge < -0.3 is 24.8 Å². The van der Waals surface area contributed by atoms with Crippen molar-refractivity contribution in [3.05, 3.63) is 64.7 Å². The molecule has 0 saturated heterocycles. The Morgan fingerprint density at radius 2 is 1.64 bits per heavy atom. The first-order chi connectivity index (χ1) is 12.6. The summed E-state index contributed by atoms with van der Waals surface area (Å²) >= 11 is -0.335. The molecule has 0 bridgehead atoms. The van der Waals surface area contributed by atoms with E-state index in [9.17, 15) is 0 Å². The Kier molecular flexibility index (Phi) is 11.6. The average molecular weight is 510 g/mol. The molecule has 0 aliphatic heterocycles. The van der Waals surface area contributed by atoms with Crippen LogP contribution in [0.5, 0.6) is 0 Å². The Morgan fingerprint density at radius 3 is 2.25 bits per heavy atom. The first-order valence-electron chi connectivity index (χ1n) is 10.1. The second kappa shape index (κ2) is 12.5. The van der Waals surface area contributed by atoms with Crippen LogP contribution in [0.25, 0.3) is 17.2 Å². The van der Waals surface area contributed by atoms with E-state index in [1.165, 1.54) is 54.4 Å². The van der Waals surface area contributed by atoms with Crippen molar-refractivity contribution in [3.63, 3.8) is 0 Å². The molecule has 0 amide bonds. The molecular weight excluding hydrogens is 478 g/mol. The molecule has 2 aromatic carbocycles. The minimum atomic E-state index is -0.335. The van der Waals surface area contributed by atoms with Gasteiger partial charge in [0.2, 0.25) is 0 Å². The zero-order valence-corrected chi connectivity index (χ0v) is 22.5. The molecule has 0 aromatic heterocycles. The maximum atomic E-state index is 2.54. The second-order valence-electron chi connectivity index (χ2n) is 7.61. The topological polar surface area (TPSA) is 0 Å². The molecule has 28 heavy (non-hydrogen) atoms. The Hall–Kier alpha value is -0.140. The van der Waals surface area contributed by atoms with E-state index in [1.54, 1.807) is 11.1 Å². The number of benzene rings is 2. The van der Waals surface area contributed by atoms with Crippen LogP contribution < -0.4 is 24.8 Å². The zero-order chi connectivity index (χ0) is 18.5. The van der Waals surface area contributed by atoms with Crippen LogP contribution in [-0.2, 0) is 28.8 Å². The SMILES string of the molecule is CCCCCc1ccc(-c2cccc3c2C=C(CC)[CH]3[Zr+2][Si](C)C)cc1.[Cl-].[Cl-]. The van der Waals surface area contributed by atoms with E-state index in [0.717, 1.165) is 3.63 Å². The fourth-order valence-corrected chi connectivity index (χ4v) is 12.9. The van der Waals surface area contributed by atoms with E-state index >= 15 is 0 Å². The number of rotatable bonds is 8. The molecule has 0 heterocycles. The van der Waals surface area contributed by atoms with Crippen LogP contribution in [0.1, 0.15) is 59.8 Å². The third kappa shape index (κ3) is 6.18. The minimum Gasteiger partial charge on any atom is -1.00 e. The number of allylic oxidation sites excluding steroid dienone is 1. The Bertz CT molecular complexity index is 769. The molecule has 149 valence electrons. The Labute approximate surface area is 196 Å². The van der Waals surface area contributed by atoms with Crippen molar-refractivity contribution in [1.82, 2.24) is 0 Å². The normalized spacial score (nSPS) is 14.6. The van der Waals surface area contributed by atoms with Crippen LogP contribution >= 0.6 is 0 Å². The van der Waals surface area contributed by atoms with Crippen LogP contribution in [0.2, 0.25) is 13.1 Å². The van der Waals surface area contributed by atoms with Crippen LogP contribution in [-0.4, -0.2) is 5.92 Å². The van der Waals surface area contributed by atoms with E-state index < -0.39 is 0 Å². The molecule has 0 saturated carbocycles. The first-order valence-corrected chi connectivity index (χ1v) is 17.7. The monoisotopic (exact) mass is 507 g/mol. The quantitative estimate of drug-likeness (QED) is 0.372. The summed E-state index contributed by atoms with van der Waals surface area (Å²) in [5.74, 6) is -0.0656. The number of hydrogen-bond donors (Lipinski definition) is 0. The van der Waals surface area contributed by atoms with Crippen molar-refractivity contribution in [2.24, 2.45) is 0 Å². The molecule has 0 nitrogen and oxygen atoms in total. The van der Waals surface area contributed by atoms with Gasteiger partial charge in [0, 0.05) is 0 Å².